The molecule has 0 aliphatic heterocycles. The van der Waals surface area contributed by atoms with Gasteiger partial charge in [0, 0.05) is 46.3 Å². The summed E-state index contributed by atoms with van der Waals surface area (Å²) >= 11 is 6.10. The Morgan fingerprint density at radius 3 is 2.43 bits per heavy atom. The van der Waals surface area contributed by atoms with Gasteiger partial charge in [-0.2, -0.15) is 0 Å². The summed E-state index contributed by atoms with van der Waals surface area (Å²) in [6, 6.07) is 26.2. The molecule has 0 radical (unpaired) electrons. The number of amides is 1. The van der Waals surface area contributed by atoms with Gasteiger partial charge in [-0.05, 0) is 84.6 Å². The molecular formula is C29H23ClN4O. The summed E-state index contributed by atoms with van der Waals surface area (Å²) in [6.45, 7) is 0. The van der Waals surface area contributed by atoms with E-state index in [2.05, 4.69) is 27.0 Å². The molecule has 0 saturated heterocycles. The first kappa shape index (κ1) is 21.6. The lowest BCUT2D eigenvalue weighted by Crippen LogP contribution is -2.25. The number of aromatic nitrogens is 2. The van der Waals surface area contributed by atoms with Crippen molar-refractivity contribution in [2.75, 3.05) is 7.05 Å². The largest absolute Gasteiger partial charge is 0.349 e. The smallest absolute Gasteiger partial charge is 0.251 e. The number of fused-ring (bicyclic) bond motifs is 3. The molecule has 2 heterocycles. The molecule has 0 unspecified atom stereocenters. The summed E-state index contributed by atoms with van der Waals surface area (Å²) in [7, 11) is 1.79. The van der Waals surface area contributed by atoms with Crippen LogP contribution in [0.5, 0.6) is 0 Å². The molecule has 5 nitrogen and oxygen atoms in total. The maximum Gasteiger partial charge on any atom is 0.251 e. The lowest BCUT2D eigenvalue weighted by Gasteiger charge is -2.15. The zero-order chi connectivity index (χ0) is 23.9. The molecule has 0 spiro atoms. The molecular weight excluding hydrogens is 456 g/mol. The second-order valence-electron chi connectivity index (χ2n) is 8.85. The van der Waals surface area contributed by atoms with Crippen LogP contribution in [-0.4, -0.2) is 28.5 Å². The Morgan fingerprint density at radius 1 is 0.971 bits per heavy atom. The number of nitrogens with zero attached hydrogens (tertiary/aromatic N) is 3. The van der Waals surface area contributed by atoms with Crippen molar-refractivity contribution >= 4 is 39.3 Å². The van der Waals surface area contributed by atoms with Gasteiger partial charge in [0.1, 0.15) is 5.49 Å². The molecule has 2 aromatic heterocycles. The normalized spacial score (nSPS) is 13.9. The van der Waals surface area contributed by atoms with Crippen molar-refractivity contribution in [3.63, 3.8) is 0 Å². The van der Waals surface area contributed by atoms with Crippen molar-refractivity contribution in [2.24, 2.45) is 4.99 Å². The van der Waals surface area contributed by atoms with Crippen LogP contribution in [0, 0.1) is 0 Å². The molecule has 6 heteroatoms. The van der Waals surface area contributed by atoms with Crippen molar-refractivity contribution in [1.82, 2.24) is 14.9 Å². The van der Waals surface area contributed by atoms with Crippen LogP contribution < -0.4 is 10.8 Å². The number of carbonyl (C=O) groups excluding carboxylic acids is 1. The third-order valence-corrected chi connectivity index (χ3v) is 6.69. The van der Waals surface area contributed by atoms with Crippen LogP contribution >= 0.6 is 11.6 Å². The Balaban J connectivity index is 1.55. The molecule has 0 bridgehead atoms. The van der Waals surface area contributed by atoms with Crippen LogP contribution in [0.25, 0.3) is 38.6 Å². The highest BCUT2D eigenvalue weighted by molar-refractivity contribution is 6.30. The van der Waals surface area contributed by atoms with E-state index in [0.717, 1.165) is 56.9 Å². The van der Waals surface area contributed by atoms with E-state index in [-0.39, 0.29) is 5.91 Å². The Labute approximate surface area is 207 Å². The summed E-state index contributed by atoms with van der Waals surface area (Å²) < 4.78 is 2.13. The first-order valence-electron chi connectivity index (χ1n) is 11.7. The predicted octanol–water partition coefficient (Wildman–Crippen LogP) is 5.92. The van der Waals surface area contributed by atoms with Crippen molar-refractivity contribution in [3.05, 3.63) is 101 Å². The van der Waals surface area contributed by atoms with Gasteiger partial charge in [-0.25, -0.2) is 0 Å². The number of benzene rings is 3. The second-order valence-corrected chi connectivity index (χ2v) is 9.28. The number of pyridine rings is 2. The van der Waals surface area contributed by atoms with E-state index >= 15 is 0 Å². The zero-order valence-electron chi connectivity index (χ0n) is 19.2. The number of halogens is 1. The van der Waals surface area contributed by atoms with Crippen molar-refractivity contribution in [2.45, 2.75) is 18.9 Å². The van der Waals surface area contributed by atoms with E-state index < -0.39 is 0 Å². The summed E-state index contributed by atoms with van der Waals surface area (Å²) in [5, 5.41) is 5.79. The van der Waals surface area contributed by atoms with E-state index in [1.165, 1.54) is 0 Å². The average Bonchev–Trinajstić information content (AvgIpc) is 3.72. The van der Waals surface area contributed by atoms with Gasteiger partial charge < -0.3 is 5.32 Å². The fourth-order valence-electron chi connectivity index (χ4n) is 4.44. The maximum atomic E-state index is 12.5. The first-order chi connectivity index (χ1) is 17.1. The summed E-state index contributed by atoms with van der Waals surface area (Å²) in [4.78, 5) is 21.7. The third-order valence-electron chi connectivity index (χ3n) is 6.44. The number of nitrogens with one attached hydrogen (secondary N) is 1. The number of rotatable bonds is 4. The molecule has 0 atom stereocenters. The highest BCUT2D eigenvalue weighted by Crippen LogP contribution is 2.30. The van der Waals surface area contributed by atoms with E-state index in [0.29, 0.717) is 16.6 Å². The van der Waals surface area contributed by atoms with Crippen molar-refractivity contribution < 1.29 is 4.79 Å². The van der Waals surface area contributed by atoms with Gasteiger partial charge in [0.25, 0.3) is 5.91 Å². The second kappa shape index (κ2) is 8.67. The molecule has 1 aliphatic carbocycles. The summed E-state index contributed by atoms with van der Waals surface area (Å²) in [5.74, 6) is -0.0235. The lowest BCUT2D eigenvalue weighted by molar-refractivity contribution is 0.0951. The van der Waals surface area contributed by atoms with Crippen LogP contribution in [0.2, 0.25) is 5.02 Å². The van der Waals surface area contributed by atoms with Crippen LogP contribution in [-0.2, 0) is 0 Å². The molecule has 3 aromatic carbocycles. The van der Waals surface area contributed by atoms with Gasteiger partial charge in [-0.15, -0.1) is 0 Å². The van der Waals surface area contributed by atoms with Crippen LogP contribution in [0.15, 0.2) is 90.1 Å². The SMILES string of the molecule is C/N=c1\ccc2cnc3ccc(-c4ccc(Cl)cc4)cc3c2n1-c1ccc(C(=O)NC2CC2)cc1. The molecule has 1 aliphatic rings. The minimum Gasteiger partial charge on any atom is -0.349 e. The molecule has 35 heavy (non-hydrogen) atoms. The summed E-state index contributed by atoms with van der Waals surface area (Å²) in [5.41, 5.74) is 6.50. The number of carbonyl (C=O) groups is 1. The van der Waals surface area contributed by atoms with Gasteiger partial charge in [-0.3, -0.25) is 19.3 Å². The van der Waals surface area contributed by atoms with E-state index in [4.69, 9.17) is 16.6 Å². The minimum atomic E-state index is -0.0235. The standard InChI is InChI=1S/C29H23ClN4O/c1-31-27-15-7-21-17-32-26-14-6-20(18-2-8-22(30)9-3-18)16-25(26)28(21)34(27)24-12-4-19(5-13-24)29(35)33-23-10-11-23/h2-9,12-17,23H,10-11H2,1H3,(H,33,35)/b31-27+. The molecule has 172 valence electrons. The van der Waals surface area contributed by atoms with Crippen molar-refractivity contribution in [1.29, 1.82) is 0 Å². The van der Waals surface area contributed by atoms with Gasteiger partial charge in [0.05, 0.1) is 11.0 Å². The van der Waals surface area contributed by atoms with Crippen LogP contribution in [0.3, 0.4) is 0 Å². The Bertz CT molecular complexity index is 1650. The Morgan fingerprint density at radius 2 is 1.71 bits per heavy atom. The predicted molar refractivity (Wildman–Crippen MR) is 141 cm³/mol. The highest BCUT2D eigenvalue weighted by Gasteiger charge is 2.23. The molecule has 6 rings (SSSR count). The number of hydrogen-bond donors (Lipinski definition) is 1. The number of hydrogen-bond acceptors (Lipinski definition) is 3. The Hall–Kier alpha value is -3.96. The molecule has 1 amide bonds. The lowest BCUT2D eigenvalue weighted by atomic mass is 10.0. The maximum absolute atomic E-state index is 12.5. The highest BCUT2D eigenvalue weighted by atomic mass is 35.5. The quantitative estimate of drug-likeness (QED) is 0.326. The van der Waals surface area contributed by atoms with Gasteiger partial charge in [0.2, 0.25) is 0 Å². The van der Waals surface area contributed by atoms with Gasteiger partial charge >= 0.3 is 0 Å². The third kappa shape index (κ3) is 4.08. The minimum absolute atomic E-state index is 0.0235. The monoisotopic (exact) mass is 478 g/mol. The fraction of sp³-hybridized carbons (Fsp3) is 0.138. The van der Waals surface area contributed by atoms with Crippen molar-refractivity contribution in [3.8, 4) is 16.8 Å². The van der Waals surface area contributed by atoms with E-state index in [1.807, 2.05) is 72.9 Å². The molecule has 1 saturated carbocycles. The van der Waals surface area contributed by atoms with Gasteiger partial charge in [-0.1, -0.05) is 29.8 Å². The topological polar surface area (TPSA) is 59.3 Å². The fourth-order valence-corrected chi connectivity index (χ4v) is 4.56. The van der Waals surface area contributed by atoms with Crippen LogP contribution in [0.4, 0.5) is 0 Å². The van der Waals surface area contributed by atoms with Gasteiger partial charge in [0.15, 0.2) is 0 Å². The van der Waals surface area contributed by atoms with Crippen LogP contribution in [0.1, 0.15) is 23.2 Å². The van der Waals surface area contributed by atoms with E-state index in [1.54, 1.807) is 7.05 Å². The average molecular weight is 479 g/mol. The molecule has 5 aromatic rings. The summed E-state index contributed by atoms with van der Waals surface area (Å²) in [6.07, 6.45) is 4.03. The molecule has 1 fully saturated rings. The van der Waals surface area contributed by atoms with E-state index in [9.17, 15) is 4.79 Å². The molecule has 1 N–H and O–H groups in total. The zero-order valence-corrected chi connectivity index (χ0v) is 20.0. The Kier molecular flexibility index (Phi) is 5.34. The first-order valence-corrected chi connectivity index (χ1v) is 12.0.